The standard InChI is InChI=1S/C17H17FN2O3/c1-11-6-14(18)8-15(7-11)20-17(23)16(22)19-9-12-4-2-3-5-13(12)10-21/h2-8,21H,9-10H2,1H3,(H,19,22)(H,20,23). The van der Waals surface area contributed by atoms with Gasteiger partial charge in [-0.15, -0.1) is 0 Å². The van der Waals surface area contributed by atoms with Crippen molar-refractivity contribution in [2.45, 2.75) is 20.1 Å². The molecule has 5 nitrogen and oxygen atoms in total. The molecule has 0 saturated heterocycles. The van der Waals surface area contributed by atoms with Crippen molar-refractivity contribution >= 4 is 17.5 Å². The Hall–Kier alpha value is -2.73. The molecule has 0 heterocycles. The third-order valence-corrected chi connectivity index (χ3v) is 3.23. The third-order valence-electron chi connectivity index (χ3n) is 3.23. The number of hydrogen-bond acceptors (Lipinski definition) is 3. The molecule has 2 rings (SSSR count). The molecule has 0 aliphatic rings. The summed E-state index contributed by atoms with van der Waals surface area (Å²) in [5.74, 6) is -2.20. The summed E-state index contributed by atoms with van der Waals surface area (Å²) < 4.78 is 13.3. The first-order valence-corrected chi connectivity index (χ1v) is 7.03. The molecule has 0 fully saturated rings. The summed E-state index contributed by atoms with van der Waals surface area (Å²) in [5.41, 5.74) is 2.25. The van der Waals surface area contributed by atoms with Gasteiger partial charge >= 0.3 is 11.8 Å². The second-order valence-corrected chi connectivity index (χ2v) is 5.08. The first-order chi connectivity index (χ1) is 11.0. The SMILES string of the molecule is Cc1cc(F)cc(NC(=O)C(=O)NCc2ccccc2CO)c1. The lowest BCUT2D eigenvalue weighted by molar-refractivity contribution is -0.136. The molecule has 0 saturated carbocycles. The van der Waals surface area contributed by atoms with E-state index in [0.29, 0.717) is 11.1 Å². The van der Waals surface area contributed by atoms with E-state index < -0.39 is 17.6 Å². The fraction of sp³-hybridized carbons (Fsp3) is 0.176. The number of halogens is 1. The highest BCUT2D eigenvalue weighted by atomic mass is 19.1. The van der Waals surface area contributed by atoms with Crippen LogP contribution in [0.15, 0.2) is 42.5 Å². The van der Waals surface area contributed by atoms with Crippen molar-refractivity contribution in [2.75, 3.05) is 5.32 Å². The van der Waals surface area contributed by atoms with Crippen LogP contribution in [-0.4, -0.2) is 16.9 Å². The highest BCUT2D eigenvalue weighted by Gasteiger charge is 2.14. The van der Waals surface area contributed by atoms with Crippen LogP contribution in [0.3, 0.4) is 0 Å². The zero-order valence-corrected chi connectivity index (χ0v) is 12.6. The van der Waals surface area contributed by atoms with E-state index in [9.17, 15) is 19.1 Å². The number of aliphatic hydroxyl groups is 1. The fourth-order valence-corrected chi connectivity index (χ4v) is 2.14. The molecule has 0 radical (unpaired) electrons. The van der Waals surface area contributed by atoms with E-state index >= 15 is 0 Å². The number of benzene rings is 2. The van der Waals surface area contributed by atoms with Crippen molar-refractivity contribution in [3.8, 4) is 0 Å². The fourth-order valence-electron chi connectivity index (χ4n) is 2.14. The second-order valence-electron chi connectivity index (χ2n) is 5.08. The van der Waals surface area contributed by atoms with E-state index in [1.165, 1.54) is 6.07 Å². The minimum absolute atomic E-state index is 0.116. The van der Waals surface area contributed by atoms with Crippen molar-refractivity contribution in [3.05, 3.63) is 65.0 Å². The topological polar surface area (TPSA) is 78.4 Å². The molecule has 6 heteroatoms. The average Bonchev–Trinajstić information content (AvgIpc) is 2.51. The molecule has 23 heavy (non-hydrogen) atoms. The number of carbonyl (C=O) groups excluding carboxylic acids is 2. The average molecular weight is 316 g/mol. The Morgan fingerprint density at radius 1 is 1.09 bits per heavy atom. The maximum Gasteiger partial charge on any atom is 0.313 e. The van der Waals surface area contributed by atoms with E-state index in [4.69, 9.17) is 0 Å². The maximum absolute atomic E-state index is 13.3. The molecular formula is C17H17FN2O3. The predicted molar refractivity (Wildman–Crippen MR) is 84.0 cm³/mol. The molecule has 0 bridgehead atoms. The Bertz CT molecular complexity index is 711. The summed E-state index contributed by atoms with van der Waals surface area (Å²) in [6.45, 7) is 1.65. The molecule has 0 spiro atoms. The highest BCUT2D eigenvalue weighted by molar-refractivity contribution is 6.39. The minimum atomic E-state index is -0.878. The van der Waals surface area contributed by atoms with Crippen LogP contribution in [0.25, 0.3) is 0 Å². The lowest BCUT2D eigenvalue weighted by Crippen LogP contribution is -2.35. The molecule has 0 aliphatic carbocycles. The molecule has 3 N–H and O–H groups in total. The summed E-state index contributed by atoms with van der Waals surface area (Å²) in [7, 11) is 0. The molecule has 2 aromatic carbocycles. The van der Waals surface area contributed by atoms with Crippen LogP contribution >= 0.6 is 0 Å². The van der Waals surface area contributed by atoms with Gasteiger partial charge in [0.25, 0.3) is 0 Å². The summed E-state index contributed by atoms with van der Waals surface area (Å²) in [6, 6.07) is 11.1. The Labute approximate surface area is 133 Å². The number of aliphatic hydroxyl groups excluding tert-OH is 1. The summed E-state index contributed by atoms with van der Waals surface area (Å²) in [4.78, 5) is 23.6. The van der Waals surface area contributed by atoms with Crippen molar-refractivity contribution < 1.29 is 19.1 Å². The van der Waals surface area contributed by atoms with Crippen LogP contribution < -0.4 is 10.6 Å². The minimum Gasteiger partial charge on any atom is -0.392 e. The molecule has 0 aliphatic heterocycles. The van der Waals surface area contributed by atoms with E-state index in [0.717, 1.165) is 11.6 Å². The third kappa shape index (κ3) is 4.62. The Morgan fingerprint density at radius 3 is 2.43 bits per heavy atom. The van der Waals surface area contributed by atoms with Crippen LogP contribution in [0.1, 0.15) is 16.7 Å². The van der Waals surface area contributed by atoms with E-state index in [1.54, 1.807) is 37.3 Å². The van der Waals surface area contributed by atoms with E-state index in [1.807, 2.05) is 0 Å². The molecule has 2 amide bonds. The lowest BCUT2D eigenvalue weighted by Gasteiger charge is -2.09. The number of aryl methyl sites for hydroxylation is 1. The monoisotopic (exact) mass is 316 g/mol. The van der Waals surface area contributed by atoms with Crippen LogP contribution in [0.5, 0.6) is 0 Å². The largest absolute Gasteiger partial charge is 0.392 e. The van der Waals surface area contributed by atoms with Gasteiger partial charge in [-0.3, -0.25) is 9.59 Å². The number of carbonyl (C=O) groups is 2. The molecule has 0 aromatic heterocycles. The van der Waals surface area contributed by atoms with Crippen LogP contribution in [0.2, 0.25) is 0 Å². The van der Waals surface area contributed by atoms with Gasteiger partial charge in [0.15, 0.2) is 0 Å². The predicted octanol–water partition coefficient (Wildman–Crippen LogP) is 1.88. The zero-order chi connectivity index (χ0) is 16.8. The molecule has 120 valence electrons. The molecule has 0 atom stereocenters. The van der Waals surface area contributed by atoms with Crippen LogP contribution in [0.4, 0.5) is 10.1 Å². The number of rotatable bonds is 4. The van der Waals surface area contributed by atoms with Crippen molar-refractivity contribution in [2.24, 2.45) is 0 Å². The quantitative estimate of drug-likeness (QED) is 0.754. The van der Waals surface area contributed by atoms with Gasteiger partial charge in [-0.2, -0.15) is 0 Å². The Balaban J connectivity index is 1.96. The Kier molecular flexibility index (Phi) is 5.43. The summed E-state index contributed by atoms with van der Waals surface area (Å²) in [6.07, 6.45) is 0. The lowest BCUT2D eigenvalue weighted by atomic mass is 10.1. The maximum atomic E-state index is 13.3. The van der Waals surface area contributed by atoms with Gasteiger partial charge in [0.2, 0.25) is 0 Å². The second kappa shape index (κ2) is 7.51. The van der Waals surface area contributed by atoms with Gasteiger partial charge in [0, 0.05) is 12.2 Å². The van der Waals surface area contributed by atoms with Crippen molar-refractivity contribution in [1.82, 2.24) is 5.32 Å². The van der Waals surface area contributed by atoms with E-state index in [-0.39, 0.29) is 18.8 Å². The van der Waals surface area contributed by atoms with Gasteiger partial charge in [-0.1, -0.05) is 24.3 Å². The summed E-state index contributed by atoms with van der Waals surface area (Å²) >= 11 is 0. The van der Waals surface area contributed by atoms with Gasteiger partial charge in [0.1, 0.15) is 5.82 Å². The van der Waals surface area contributed by atoms with Crippen molar-refractivity contribution in [3.63, 3.8) is 0 Å². The van der Waals surface area contributed by atoms with Gasteiger partial charge in [-0.25, -0.2) is 4.39 Å². The van der Waals surface area contributed by atoms with Gasteiger partial charge in [0.05, 0.1) is 6.61 Å². The first kappa shape index (κ1) is 16.6. The Morgan fingerprint density at radius 2 is 1.78 bits per heavy atom. The number of anilines is 1. The molecule has 2 aromatic rings. The number of nitrogens with one attached hydrogen (secondary N) is 2. The van der Waals surface area contributed by atoms with Crippen LogP contribution in [-0.2, 0) is 22.7 Å². The first-order valence-electron chi connectivity index (χ1n) is 7.03. The highest BCUT2D eigenvalue weighted by Crippen LogP contribution is 2.13. The van der Waals surface area contributed by atoms with Crippen LogP contribution in [0, 0.1) is 12.7 Å². The van der Waals surface area contributed by atoms with E-state index in [2.05, 4.69) is 10.6 Å². The van der Waals surface area contributed by atoms with Gasteiger partial charge in [-0.05, 0) is 41.8 Å². The normalized spacial score (nSPS) is 10.2. The van der Waals surface area contributed by atoms with Crippen molar-refractivity contribution in [1.29, 1.82) is 0 Å². The number of amides is 2. The number of hydrogen-bond donors (Lipinski definition) is 3. The smallest absolute Gasteiger partial charge is 0.313 e. The molecule has 0 unspecified atom stereocenters. The molecular weight excluding hydrogens is 299 g/mol. The van der Waals surface area contributed by atoms with Gasteiger partial charge < -0.3 is 15.7 Å². The zero-order valence-electron chi connectivity index (χ0n) is 12.6. The summed E-state index contributed by atoms with van der Waals surface area (Å²) in [5, 5.41) is 14.0.